The Hall–Kier alpha value is -2.09. The van der Waals surface area contributed by atoms with Crippen molar-refractivity contribution < 1.29 is 4.79 Å². The molecule has 0 radical (unpaired) electrons. The van der Waals surface area contributed by atoms with Crippen molar-refractivity contribution in [2.24, 2.45) is 5.41 Å². The van der Waals surface area contributed by atoms with Gasteiger partial charge in [-0.15, -0.1) is 0 Å². The van der Waals surface area contributed by atoms with Crippen LogP contribution in [0, 0.1) is 5.41 Å². The second-order valence-electron chi connectivity index (χ2n) is 7.05. The number of amides is 1. The van der Waals surface area contributed by atoms with Gasteiger partial charge in [0.15, 0.2) is 0 Å². The fourth-order valence-corrected chi connectivity index (χ4v) is 2.38. The monoisotopic (exact) mass is 295 g/mol. The van der Waals surface area contributed by atoms with E-state index in [1.807, 2.05) is 30.1 Å². The molecule has 0 unspecified atom stereocenters. The van der Waals surface area contributed by atoms with Crippen molar-refractivity contribution in [3.8, 4) is 11.1 Å². The van der Waals surface area contributed by atoms with E-state index >= 15 is 0 Å². The maximum Gasteiger partial charge on any atom is 0.223 e. The molecular formula is C20H25NO. The molecule has 0 aliphatic rings. The van der Waals surface area contributed by atoms with Crippen LogP contribution < -0.4 is 0 Å². The van der Waals surface area contributed by atoms with Gasteiger partial charge < -0.3 is 4.90 Å². The largest absolute Gasteiger partial charge is 0.341 e. The highest BCUT2D eigenvalue weighted by molar-refractivity contribution is 5.76. The second-order valence-corrected chi connectivity index (χ2v) is 7.05. The van der Waals surface area contributed by atoms with E-state index in [2.05, 4.69) is 57.2 Å². The van der Waals surface area contributed by atoms with Gasteiger partial charge in [-0.2, -0.15) is 0 Å². The van der Waals surface area contributed by atoms with Gasteiger partial charge in [0, 0.05) is 20.0 Å². The van der Waals surface area contributed by atoms with Crippen LogP contribution in [0.1, 0.15) is 32.8 Å². The molecule has 0 spiro atoms. The molecule has 0 aromatic heterocycles. The average molecular weight is 295 g/mol. The minimum absolute atomic E-state index is 0.0303. The van der Waals surface area contributed by atoms with E-state index in [9.17, 15) is 4.79 Å². The summed E-state index contributed by atoms with van der Waals surface area (Å²) in [6, 6.07) is 18.8. The Morgan fingerprint density at radius 2 is 1.45 bits per heavy atom. The Morgan fingerprint density at radius 1 is 0.909 bits per heavy atom. The Balaban J connectivity index is 2.01. The highest BCUT2D eigenvalue weighted by Gasteiger charge is 2.18. The summed E-state index contributed by atoms with van der Waals surface area (Å²) in [6.45, 7) is 6.93. The fourth-order valence-electron chi connectivity index (χ4n) is 2.38. The molecule has 0 aliphatic heterocycles. The van der Waals surface area contributed by atoms with Crippen molar-refractivity contribution in [3.05, 3.63) is 60.2 Å². The Morgan fingerprint density at radius 3 is 2.00 bits per heavy atom. The molecule has 2 aromatic carbocycles. The maximum absolute atomic E-state index is 12.2. The zero-order chi connectivity index (χ0) is 16.2. The van der Waals surface area contributed by atoms with Crippen LogP contribution in [0.5, 0.6) is 0 Å². The molecule has 2 rings (SSSR count). The van der Waals surface area contributed by atoms with Crippen molar-refractivity contribution in [2.45, 2.75) is 33.7 Å². The summed E-state index contributed by atoms with van der Waals surface area (Å²) in [5, 5.41) is 0. The van der Waals surface area contributed by atoms with Gasteiger partial charge in [-0.1, -0.05) is 75.4 Å². The molecule has 1 amide bonds. The SMILES string of the molecule is CN(Cc1ccc(-c2ccccc2)cc1)C(=O)CC(C)(C)C. The number of hydrogen-bond acceptors (Lipinski definition) is 1. The molecule has 2 heteroatoms. The highest BCUT2D eigenvalue weighted by Crippen LogP contribution is 2.22. The van der Waals surface area contributed by atoms with Gasteiger partial charge in [0.05, 0.1) is 0 Å². The first kappa shape index (κ1) is 16.3. The Kier molecular flexibility index (Phi) is 5.02. The normalized spacial score (nSPS) is 11.3. The van der Waals surface area contributed by atoms with E-state index in [0.29, 0.717) is 13.0 Å². The molecule has 0 atom stereocenters. The van der Waals surface area contributed by atoms with Crippen molar-refractivity contribution in [1.82, 2.24) is 4.90 Å². The van der Waals surface area contributed by atoms with Gasteiger partial charge in [-0.3, -0.25) is 4.79 Å². The molecule has 22 heavy (non-hydrogen) atoms. The van der Waals surface area contributed by atoms with E-state index < -0.39 is 0 Å². The van der Waals surface area contributed by atoms with Crippen LogP contribution in [0.15, 0.2) is 54.6 Å². The summed E-state index contributed by atoms with van der Waals surface area (Å²) in [6.07, 6.45) is 0.575. The summed E-state index contributed by atoms with van der Waals surface area (Å²) in [5.41, 5.74) is 3.60. The molecule has 0 saturated carbocycles. The summed E-state index contributed by atoms with van der Waals surface area (Å²) in [5.74, 6) is 0.194. The first-order valence-corrected chi connectivity index (χ1v) is 7.73. The van der Waals surface area contributed by atoms with Gasteiger partial charge in [0.25, 0.3) is 0 Å². The lowest BCUT2D eigenvalue weighted by Crippen LogP contribution is -2.29. The van der Waals surface area contributed by atoms with Crippen LogP contribution in [-0.2, 0) is 11.3 Å². The summed E-state index contributed by atoms with van der Waals surface area (Å²) >= 11 is 0. The van der Waals surface area contributed by atoms with Gasteiger partial charge >= 0.3 is 0 Å². The standard InChI is InChI=1S/C20H25NO/c1-20(2,3)14-19(22)21(4)15-16-10-12-18(13-11-16)17-8-6-5-7-9-17/h5-13H,14-15H2,1-4H3. The fraction of sp³-hybridized carbons (Fsp3) is 0.350. The first-order chi connectivity index (χ1) is 10.3. The molecule has 0 saturated heterocycles. The first-order valence-electron chi connectivity index (χ1n) is 7.73. The third-order valence-corrected chi connectivity index (χ3v) is 3.59. The smallest absolute Gasteiger partial charge is 0.223 e. The van der Waals surface area contributed by atoms with Crippen molar-refractivity contribution >= 4 is 5.91 Å². The molecule has 0 bridgehead atoms. The van der Waals surface area contributed by atoms with Crippen molar-refractivity contribution in [1.29, 1.82) is 0 Å². The van der Waals surface area contributed by atoms with E-state index in [0.717, 1.165) is 5.56 Å². The van der Waals surface area contributed by atoms with E-state index in [1.54, 1.807) is 0 Å². The third kappa shape index (κ3) is 4.73. The Bertz CT molecular complexity index is 608. The van der Waals surface area contributed by atoms with Crippen molar-refractivity contribution in [3.63, 3.8) is 0 Å². The molecular weight excluding hydrogens is 270 g/mol. The second kappa shape index (κ2) is 6.78. The quantitative estimate of drug-likeness (QED) is 0.797. The average Bonchev–Trinajstić information content (AvgIpc) is 2.47. The number of carbonyl (C=O) groups is 1. The third-order valence-electron chi connectivity index (χ3n) is 3.59. The van der Waals surface area contributed by atoms with Crippen molar-refractivity contribution in [2.75, 3.05) is 7.05 Å². The lowest BCUT2D eigenvalue weighted by atomic mass is 9.91. The number of benzene rings is 2. The van der Waals surface area contributed by atoms with Crippen LogP contribution in [0.3, 0.4) is 0 Å². The molecule has 0 N–H and O–H groups in total. The van der Waals surface area contributed by atoms with Crippen LogP contribution in [-0.4, -0.2) is 17.9 Å². The highest BCUT2D eigenvalue weighted by atomic mass is 16.2. The van der Waals surface area contributed by atoms with Crippen LogP contribution in [0.4, 0.5) is 0 Å². The number of hydrogen-bond donors (Lipinski definition) is 0. The van der Waals surface area contributed by atoms with Crippen LogP contribution in [0.25, 0.3) is 11.1 Å². The van der Waals surface area contributed by atoms with E-state index in [1.165, 1.54) is 11.1 Å². The maximum atomic E-state index is 12.2. The van der Waals surface area contributed by atoms with Gasteiger partial charge in [0.2, 0.25) is 5.91 Å². The predicted molar refractivity (Wildman–Crippen MR) is 92.4 cm³/mol. The minimum Gasteiger partial charge on any atom is -0.341 e. The van der Waals surface area contributed by atoms with E-state index in [4.69, 9.17) is 0 Å². The molecule has 0 heterocycles. The molecule has 2 nitrogen and oxygen atoms in total. The summed E-state index contributed by atoms with van der Waals surface area (Å²) in [7, 11) is 1.87. The van der Waals surface area contributed by atoms with Gasteiger partial charge in [0.1, 0.15) is 0 Å². The lowest BCUT2D eigenvalue weighted by molar-refractivity contribution is -0.132. The van der Waals surface area contributed by atoms with Gasteiger partial charge in [-0.05, 0) is 22.1 Å². The van der Waals surface area contributed by atoms with Crippen LogP contribution >= 0.6 is 0 Å². The van der Waals surface area contributed by atoms with Gasteiger partial charge in [-0.25, -0.2) is 0 Å². The zero-order valence-corrected chi connectivity index (χ0v) is 14.0. The molecule has 0 aliphatic carbocycles. The number of rotatable bonds is 4. The zero-order valence-electron chi connectivity index (χ0n) is 14.0. The summed E-state index contributed by atoms with van der Waals surface area (Å²) in [4.78, 5) is 14.0. The topological polar surface area (TPSA) is 20.3 Å². The van der Waals surface area contributed by atoms with Crippen LogP contribution in [0.2, 0.25) is 0 Å². The lowest BCUT2D eigenvalue weighted by Gasteiger charge is -2.23. The molecule has 2 aromatic rings. The number of carbonyl (C=O) groups excluding carboxylic acids is 1. The van der Waals surface area contributed by atoms with E-state index in [-0.39, 0.29) is 11.3 Å². The molecule has 116 valence electrons. The predicted octanol–water partition coefficient (Wildman–Crippen LogP) is 4.75. The molecule has 0 fully saturated rings. The Labute approximate surface area is 133 Å². The minimum atomic E-state index is 0.0303. The summed E-state index contributed by atoms with van der Waals surface area (Å²) < 4.78 is 0. The number of nitrogens with zero attached hydrogens (tertiary/aromatic N) is 1.